The Hall–Kier alpha value is -3.43. The van der Waals surface area contributed by atoms with Gasteiger partial charge in [0.05, 0.1) is 61.9 Å². The summed E-state index contributed by atoms with van der Waals surface area (Å²) in [6.45, 7) is 12.5. The number of anilines is 1. The van der Waals surface area contributed by atoms with Crippen LogP contribution in [0, 0.1) is 0 Å². The highest BCUT2D eigenvalue weighted by Gasteiger charge is 2.30. The van der Waals surface area contributed by atoms with Gasteiger partial charge >= 0.3 is 0 Å². The molecule has 0 spiro atoms. The first-order chi connectivity index (χ1) is 17.9. The molecule has 4 rings (SSSR count). The van der Waals surface area contributed by atoms with Gasteiger partial charge in [-0.2, -0.15) is 0 Å². The second-order valence-corrected chi connectivity index (χ2v) is 8.85. The quantitative estimate of drug-likeness (QED) is 0.394. The number of methoxy groups -OCH3 is 2. The fourth-order valence-corrected chi connectivity index (χ4v) is 4.48. The zero-order valence-corrected chi connectivity index (χ0v) is 22.8. The van der Waals surface area contributed by atoms with E-state index in [0.29, 0.717) is 46.9 Å². The van der Waals surface area contributed by atoms with Gasteiger partial charge in [-0.05, 0) is 18.1 Å². The van der Waals surface area contributed by atoms with Crippen molar-refractivity contribution in [2.24, 2.45) is 0 Å². The summed E-state index contributed by atoms with van der Waals surface area (Å²) in [6, 6.07) is 3.32. The van der Waals surface area contributed by atoms with Crippen LogP contribution in [0.4, 0.5) is 5.95 Å². The van der Waals surface area contributed by atoms with Crippen molar-refractivity contribution in [1.29, 1.82) is 0 Å². The van der Waals surface area contributed by atoms with Crippen molar-refractivity contribution in [3.8, 4) is 22.8 Å². The maximum Gasteiger partial charge on any atom is 0.243 e. The molecule has 1 aromatic carbocycles. The first kappa shape index (κ1) is 28.1. The second kappa shape index (κ2) is 12.7. The average molecular weight is 528 g/mol. The number of ether oxygens (including phenoxy) is 3. The monoisotopic (exact) mass is 527 g/mol. The van der Waals surface area contributed by atoms with E-state index < -0.39 is 0 Å². The lowest BCUT2D eigenvalue weighted by molar-refractivity contribution is -0.117. The third-order valence-electron chi connectivity index (χ3n) is 5.88. The molecule has 0 bridgehead atoms. The van der Waals surface area contributed by atoms with E-state index in [0.717, 1.165) is 16.5 Å². The van der Waals surface area contributed by atoms with Crippen LogP contribution in [-0.2, 0) is 9.53 Å². The van der Waals surface area contributed by atoms with Gasteiger partial charge in [0.15, 0.2) is 0 Å². The number of carbonyl (C=O) groups is 1. The molecule has 9 nitrogen and oxygen atoms in total. The molecule has 1 fully saturated rings. The van der Waals surface area contributed by atoms with Gasteiger partial charge in [0.25, 0.3) is 0 Å². The third-order valence-corrected chi connectivity index (χ3v) is 6.26. The van der Waals surface area contributed by atoms with Crippen molar-refractivity contribution in [3.05, 3.63) is 47.8 Å². The van der Waals surface area contributed by atoms with E-state index >= 15 is 0 Å². The number of nitrogens with zero attached hydrogens (tertiary/aromatic N) is 3. The Kier molecular flexibility index (Phi) is 9.66. The number of hydrogen-bond donors (Lipinski definition) is 2. The Balaban J connectivity index is 0.00000186. The van der Waals surface area contributed by atoms with Crippen LogP contribution >= 0.6 is 11.6 Å². The predicted octanol–water partition coefficient (Wildman–Crippen LogP) is 4.99. The van der Waals surface area contributed by atoms with Crippen molar-refractivity contribution >= 4 is 34.4 Å². The Morgan fingerprint density at radius 2 is 1.84 bits per heavy atom. The Morgan fingerprint density at radius 3 is 2.49 bits per heavy atom. The molecular formula is C27H34ClN5O4. The number of pyridine rings is 1. The van der Waals surface area contributed by atoms with Gasteiger partial charge in [-0.3, -0.25) is 9.78 Å². The van der Waals surface area contributed by atoms with Crippen LogP contribution in [0.1, 0.15) is 39.2 Å². The number of rotatable bonds is 8. The molecule has 1 saturated heterocycles. The maximum absolute atomic E-state index is 11.7. The molecule has 1 amide bonds. The van der Waals surface area contributed by atoms with Crippen LogP contribution in [0.3, 0.4) is 0 Å². The van der Waals surface area contributed by atoms with Crippen molar-refractivity contribution in [2.45, 2.75) is 45.7 Å². The molecule has 0 aliphatic carbocycles. The standard InChI is InChI=1S/C25H28ClN5O4.C2H6/c1-6-21(32)29-17-11-35-12-18(17)31-25-28-9-14-7-15(27-10-16(14)30-25)23-22(13(2)3)19(33-4)8-20(34-5)24(23)26;1-2/h6-10,13,17-18H,1,11-12H2,2-5H3,(H,29,32)(H,28,30,31);1-2H3. The molecule has 198 valence electrons. The van der Waals surface area contributed by atoms with E-state index in [4.69, 9.17) is 25.8 Å². The maximum atomic E-state index is 11.7. The van der Waals surface area contributed by atoms with E-state index in [-0.39, 0.29) is 23.9 Å². The number of nitrogens with one attached hydrogen (secondary N) is 2. The van der Waals surface area contributed by atoms with Gasteiger partial charge in [0, 0.05) is 28.8 Å². The molecule has 1 aliphatic rings. The van der Waals surface area contributed by atoms with Crippen LogP contribution in [0.2, 0.25) is 5.02 Å². The number of hydrogen-bond acceptors (Lipinski definition) is 8. The minimum atomic E-state index is -0.253. The predicted molar refractivity (Wildman–Crippen MR) is 147 cm³/mol. The topological polar surface area (TPSA) is 107 Å². The van der Waals surface area contributed by atoms with Gasteiger partial charge in [-0.15, -0.1) is 0 Å². The molecule has 37 heavy (non-hydrogen) atoms. The molecular weight excluding hydrogens is 494 g/mol. The van der Waals surface area contributed by atoms with Crippen LogP contribution in [0.25, 0.3) is 22.2 Å². The Morgan fingerprint density at radius 1 is 1.14 bits per heavy atom. The Labute approximate surface area is 222 Å². The number of amides is 1. The third kappa shape index (κ3) is 6.11. The first-order valence-corrected chi connectivity index (χ1v) is 12.6. The normalized spacial score (nSPS) is 16.6. The molecule has 1 aliphatic heterocycles. The summed E-state index contributed by atoms with van der Waals surface area (Å²) in [5, 5.41) is 7.37. The highest BCUT2D eigenvalue weighted by molar-refractivity contribution is 6.35. The van der Waals surface area contributed by atoms with E-state index in [1.807, 2.05) is 19.9 Å². The van der Waals surface area contributed by atoms with Gasteiger partial charge in [-0.25, -0.2) is 9.97 Å². The summed E-state index contributed by atoms with van der Waals surface area (Å²) in [7, 11) is 3.19. The SMILES string of the molecule is C=CC(=O)NC1COCC1Nc1ncc2cc(-c3c(Cl)c(OC)cc(OC)c3C(C)C)ncc2n1.CC. The number of halogens is 1. The summed E-state index contributed by atoms with van der Waals surface area (Å²) >= 11 is 6.74. The molecule has 0 radical (unpaired) electrons. The minimum absolute atomic E-state index is 0.131. The zero-order chi connectivity index (χ0) is 27.1. The number of carbonyl (C=O) groups excluding carboxylic acids is 1. The van der Waals surface area contributed by atoms with E-state index in [2.05, 4.69) is 46.0 Å². The number of benzene rings is 1. The summed E-state index contributed by atoms with van der Waals surface area (Å²) in [5.74, 6) is 1.50. The van der Waals surface area contributed by atoms with E-state index in [9.17, 15) is 4.79 Å². The molecule has 3 heterocycles. The highest BCUT2D eigenvalue weighted by Crippen LogP contribution is 2.45. The minimum Gasteiger partial charge on any atom is -0.496 e. The van der Waals surface area contributed by atoms with Crippen LogP contribution in [0.5, 0.6) is 11.5 Å². The van der Waals surface area contributed by atoms with E-state index in [1.165, 1.54) is 6.08 Å². The lowest BCUT2D eigenvalue weighted by Crippen LogP contribution is -2.45. The van der Waals surface area contributed by atoms with Crippen LogP contribution < -0.4 is 20.1 Å². The second-order valence-electron chi connectivity index (χ2n) is 8.47. The lowest BCUT2D eigenvalue weighted by atomic mass is 9.93. The van der Waals surface area contributed by atoms with Crippen molar-refractivity contribution in [2.75, 3.05) is 32.8 Å². The fourth-order valence-electron chi connectivity index (χ4n) is 4.15. The summed E-state index contributed by atoms with van der Waals surface area (Å²) < 4.78 is 16.6. The summed E-state index contributed by atoms with van der Waals surface area (Å²) in [4.78, 5) is 25.4. The van der Waals surface area contributed by atoms with Crippen LogP contribution in [0.15, 0.2) is 37.2 Å². The lowest BCUT2D eigenvalue weighted by Gasteiger charge is -2.21. The molecule has 0 saturated carbocycles. The molecule has 2 aromatic heterocycles. The van der Waals surface area contributed by atoms with Gasteiger partial charge < -0.3 is 24.8 Å². The van der Waals surface area contributed by atoms with Gasteiger partial charge in [0.2, 0.25) is 11.9 Å². The van der Waals surface area contributed by atoms with Crippen molar-refractivity contribution in [1.82, 2.24) is 20.3 Å². The number of aromatic nitrogens is 3. The molecule has 10 heteroatoms. The van der Waals surface area contributed by atoms with Gasteiger partial charge in [0.1, 0.15) is 11.5 Å². The van der Waals surface area contributed by atoms with Crippen LogP contribution in [-0.4, -0.2) is 60.4 Å². The van der Waals surface area contributed by atoms with Crippen molar-refractivity contribution in [3.63, 3.8) is 0 Å². The number of fused-ring (bicyclic) bond motifs is 1. The largest absolute Gasteiger partial charge is 0.496 e. The first-order valence-electron chi connectivity index (χ1n) is 12.2. The fraction of sp³-hybridized carbons (Fsp3) is 0.407. The molecule has 2 N–H and O–H groups in total. The van der Waals surface area contributed by atoms with Crippen molar-refractivity contribution < 1.29 is 19.0 Å². The average Bonchev–Trinajstić information content (AvgIpc) is 3.34. The Bertz CT molecular complexity index is 1270. The van der Waals surface area contributed by atoms with E-state index in [1.54, 1.807) is 32.7 Å². The molecule has 2 atom stereocenters. The summed E-state index contributed by atoms with van der Waals surface area (Å²) in [6.07, 6.45) is 4.65. The molecule has 3 aromatic rings. The highest BCUT2D eigenvalue weighted by atomic mass is 35.5. The summed E-state index contributed by atoms with van der Waals surface area (Å²) in [5.41, 5.74) is 3.03. The smallest absolute Gasteiger partial charge is 0.243 e. The molecule has 2 unspecified atom stereocenters. The zero-order valence-electron chi connectivity index (χ0n) is 22.1. The van der Waals surface area contributed by atoms with Gasteiger partial charge in [-0.1, -0.05) is 45.9 Å².